The molecule has 4 rings (SSSR count). The number of thioether (sulfide) groups is 1. The molecule has 3 amide bonds. The van der Waals surface area contributed by atoms with Gasteiger partial charge < -0.3 is 14.8 Å². The number of rotatable bonds is 9. The van der Waals surface area contributed by atoms with Gasteiger partial charge in [0.05, 0.1) is 20.5 Å². The smallest absolute Gasteiger partial charge is 0.294 e. The van der Waals surface area contributed by atoms with Crippen LogP contribution in [0.2, 0.25) is 0 Å². The van der Waals surface area contributed by atoms with Gasteiger partial charge in [0.15, 0.2) is 0 Å². The van der Waals surface area contributed by atoms with E-state index in [2.05, 4.69) is 53.1 Å². The van der Waals surface area contributed by atoms with Crippen LogP contribution in [-0.2, 0) is 16.2 Å². The summed E-state index contributed by atoms with van der Waals surface area (Å²) in [5.74, 6) is 0.299. The number of carbonyl (C=O) groups is 3. The summed E-state index contributed by atoms with van der Waals surface area (Å²) in [6.45, 7) is 2.41. The van der Waals surface area contributed by atoms with Crippen molar-refractivity contribution in [2.45, 2.75) is 13.5 Å². The van der Waals surface area contributed by atoms with E-state index < -0.39 is 17.1 Å². The molecule has 38 heavy (non-hydrogen) atoms. The van der Waals surface area contributed by atoms with E-state index in [0.717, 1.165) is 26.7 Å². The molecule has 1 heterocycles. The van der Waals surface area contributed by atoms with Crippen LogP contribution in [0.4, 0.5) is 10.5 Å². The molecule has 0 saturated carbocycles. The first-order valence-electron chi connectivity index (χ1n) is 11.4. The minimum Gasteiger partial charge on any atom is -0.494 e. The Labute approximate surface area is 249 Å². The van der Waals surface area contributed by atoms with Gasteiger partial charge in [0, 0.05) is 10.2 Å². The highest BCUT2D eigenvalue weighted by Crippen LogP contribution is 2.38. The molecule has 0 atom stereocenters. The zero-order chi connectivity index (χ0) is 27.2. The van der Waals surface area contributed by atoms with Crippen molar-refractivity contribution < 1.29 is 23.9 Å². The summed E-state index contributed by atoms with van der Waals surface area (Å²) in [6.07, 6.45) is 1.61. The van der Waals surface area contributed by atoms with Crippen LogP contribution < -0.4 is 14.8 Å². The fourth-order valence-electron chi connectivity index (χ4n) is 3.47. The van der Waals surface area contributed by atoms with Crippen LogP contribution in [0.1, 0.15) is 18.1 Å². The highest BCUT2D eigenvalue weighted by Gasteiger charge is 2.36. The van der Waals surface area contributed by atoms with Crippen LogP contribution >= 0.6 is 59.6 Å². The van der Waals surface area contributed by atoms with Crippen molar-refractivity contribution in [3.05, 3.63) is 90.1 Å². The highest BCUT2D eigenvalue weighted by atomic mass is 79.9. The van der Waals surface area contributed by atoms with Crippen LogP contribution in [0.15, 0.2) is 79.0 Å². The minimum absolute atomic E-state index is 0.228. The van der Waals surface area contributed by atoms with Gasteiger partial charge in [-0.2, -0.15) is 0 Å². The maximum absolute atomic E-state index is 12.9. The predicted octanol–water partition coefficient (Wildman–Crippen LogP) is 7.63. The second-order valence-electron chi connectivity index (χ2n) is 8.00. The van der Waals surface area contributed by atoms with Gasteiger partial charge in [0.25, 0.3) is 11.1 Å². The maximum Gasteiger partial charge on any atom is 0.294 e. The summed E-state index contributed by atoms with van der Waals surface area (Å²) in [7, 11) is 0. The van der Waals surface area contributed by atoms with E-state index >= 15 is 0 Å². The summed E-state index contributed by atoms with van der Waals surface area (Å²) in [4.78, 5) is 39.1. The first-order chi connectivity index (χ1) is 18.2. The standard InChI is InChI=1S/C27H21Br3N2O5S/c1-2-36-20-9-7-19(8-10-20)31-24(33)14-32-26(34)23(38-27(32)35)13-17-11-21(29)25(22(30)12-17)37-15-16-3-5-18(28)6-4-16/h3-13H,2,14-15H2,1H3,(H,31,33)/b23-13+. The molecule has 196 valence electrons. The normalized spacial score (nSPS) is 14.2. The third-order valence-electron chi connectivity index (χ3n) is 5.24. The number of ether oxygens (including phenoxy) is 2. The van der Waals surface area contributed by atoms with Crippen LogP contribution in [0.3, 0.4) is 0 Å². The quantitative estimate of drug-likeness (QED) is 0.229. The molecular weight excluding hydrogens is 704 g/mol. The topological polar surface area (TPSA) is 84.9 Å². The van der Waals surface area contributed by atoms with E-state index in [4.69, 9.17) is 9.47 Å². The Hall–Kier alpha value is -2.60. The van der Waals surface area contributed by atoms with Crippen molar-refractivity contribution in [1.29, 1.82) is 0 Å². The van der Waals surface area contributed by atoms with Crippen LogP contribution in [-0.4, -0.2) is 35.1 Å². The second kappa shape index (κ2) is 13.0. The Bertz CT molecular complexity index is 1370. The molecule has 0 aliphatic carbocycles. The third-order valence-corrected chi connectivity index (χ3v) is 7.85. The van der Waals surface area contributed by atoms with E-state index in [1.807, 2.05) is 31.2 Å². The van der Waals surface area contributed by atoms with Gasteiger partial charge in [-0.3, -0.25) is 19.3 Å². The third kappa shape index (κ3) is 7.28. The summed E-state index contributed by atoms with van der Waals surface area (Å²) < 4.78 is 13.7. The van der Waals surface area contributed by atoms with Crippen molar-refractivity contribution in [3.63, 3.8) is 0 Å². The zero-order valence-corrected chi connectivity index (χ0v) is 25.6. The molecule has 7 nitrogen and oxygen atoms in total. The fraction of sp³-hybridized carbons (Fsp3) is 0.148. The summed E-state index contributed by atoms with van der Waals surface area (Å²) in [5, 5.41) is 2.19. The number of nitrogens with zero attached hydrogens (tertiary/aromatic N) is 1. The Balaban J connectivity index is 1.40. The van der Waals surface area contributed by atoms with E-state index in [1.54, 1.807) is 42.5 Å². The first kappa shape index (κ1) is 28.4. The molecule has 3 aromatic carbocycles. The molecule has 1 saturated heterocycles. The molecule has 1 aliphatic rings. The lowest BCUT2D eigenvalue weighted by Gasteiger charge is -2.13. The predicted molar refractivity (Wildman–Crippen MR) is 159 cm³/mol. The van der Waals surface area contributed by atoms with E-state index in [0.29, 0.717) is 44.9 Å². The number of hydrogen-bond donors (Lipinski definition) is 1. The van der Waals surface area contributed by atoms with Gasteiger partial charge in [-0.25, -0.2) is 0 Å². The molecule has 1 N–H and O–H groups in total. The molecule has 0 radical (unpaired) electrons. The number of hydrogen-bond acceptors (Lipinski definition) is 6. The monoisotopic (exact) mass is 722 g/mol. The Morgan fingerprint density at radius 3 is 2.26 bits per heavy atom. The van der Waals surface area contributed by atoms with Gasteiger partial charge in [0.1, 0.15) is 24.7 Å². The van der Waals surface area contributed by atoms with Crippen LogP contribution in [0.5, 0.6) is 11.5 Å². The largest absolute Gasteiger partial charge is 0.494 e. The Morgan fingerprint density at radius 1 is 0.974 bits per heavy atom. The van der Waals surface area contributed by atoms with Crippen molar-refractivity contribution in [2.24, 2.45) is 0 Å². The Morgan fingerprint density at radius 2 is 1.63 bits per heavy atom. The number of amides is 3. The lowest BCUT2D eigenvalue weighted by molar-refractivity contribution is -0.127. The van der Waals surface area contributed by atoms with Gasteiger partial charge in [-0.15, -0.1) is 0 Å². The minimum atomic E-state index is -0.523. The summed E-state index contributed by atoms with van der Waals surface area (Å²) >= 11 is 11.3. The van der Waals surface area contributed by atoms with Crippen LogP contribution in [0, 0.1) is 0 Å². The average Bonchev–Trinajstić information content (AvgIpc) is 3.13. The SMILES string of the molecule is CCOc1ccc(NC(=O)CN2C(=O)S/C(=C/c3cc(Br)c(OCc4ccc(Br)cc4)c(Br)c3)C2=O)cc1. The van der Waals surface area contributed by atoms with Gasteiger partial charge in [0.2, 0.25) is 5.91 Å². The summed E-state index contributed by atoms with van der Waals surface area (Å²) in [6, 6.07) is 18.3. The second-order valence-corrected chi connectivity index (χ2v) is 11.6. The van der Waals surface area contributed by atoms with E-state index in [1.165, 1.54) is 0 Å². The molecule has 11 heteroatoms. The van der Waals surface area contributed by atoms with Gasteiger partial charge in [-0.05, 0) is 116 Å². The number of carbonyl (C=O) groups excluding carboxylic acids is 3. The first-order valence-corrected chi connectivity index (χ1v) is 14.6. The lowest BCUT2D eigenvalue weighted by atomic mass is 10.2. The number of nitrogens with one attached hydrogen (secondary N) is 1. The van der Waals surface area contributed by atoms with E-state index in [9.17, 15) is 14.4 Å². The average molecular weight is 725 g/mol. The fourth-order valence-corrected chi connectivity index (χ4v) is 6.02. The van der Waals surface area contributed by atoms with Crippen LogP contribution in [0.25, 0.3) is 6.08 Å². The molecule has 0 unspecified atom stereocenters. The zero-order valence-electron chi connectivity index (χ0n) is 20.0. The van der Waals surface area contributed by atoms with Crippen molar-refractivity contribution in [1.82, 2.24) is 4.90 Å². The number of imide groups is 1. The molecule has 0 bridgehead atoms. The van der Waals surface area contributed by atoms with Crippen molar-refractivity contribution >= 4 is 88.4 Å². The van der Waals surface area contributed by atoms with Gasteiger partial charge in [-0.1, -0.05) is 28.1 Å². The van der Waals surface area contributed by atoms with E-state index in [-0.39, 0.29) is 11.4 Å². The number of benzene rings is 3. The van der Waals surface area contributed by atoms with Crippen molar-refractivity contribution in [3.8, 4) is 11.5 Å². The molecule has 0 aromatic heterocycles. The molecule has 1 fully saturated rings. The molecular formula is C27H21Br3N2O5S. The van der Waals surface area contributed by atoms with Gasteiger partial charge >= 0.3 is 0 Å². The van der Waals surface area contributed by atoms with Crippen molar-refractivity contribution in [2.75, 3.05) is 18.5 Å². The maximum atomic E-state index is 12.9. The number of anilines is 1. The lowest BCUT2D eigenvalue weighted by Crippen LogP contribution is -2.36. The molecule has 1 aliphatic heterocycles. The molecule has 3 aromatic rings. The highest BCUT2D eigenvalue weighted by molar-refractivity contribution is 9.11. The Kier molecular flexibility index (Phi) is 9.69. The summed E-state index contributed by atoms with van der Waals surface area (Å²) in [5.41, 5.74) is 2.23. The molecule has 0 spiro atoms. The number of halogens is 3.